The summed E-state index contributed by atoms with van der Waals surface area (Å²) >= 11 is 5.00. The van der Waals surface area contributed by atoms with Gasteiger partial charge in [0.05, 0.1) is 18.0 Å². The molecular formula is C22H20BrF6NO2S. The normalized spacial score (nSPS) is 22.0. The van der Waals surface area contributed by atoms with E-state index in [-0.39, 0.29) is 12.0 Å². The third-order valence-electron chi connectivity index (χ3n) is 6.60. The molecule has 0 bridgehead atoms. The molecule has 4 rings (SSSR count). The molecular weight excluding hydrogens is 536 g/mol. The van der Waals surface area contributed by atoms with Gasteiger partial charge in [0.2, 0.25) is 0 Å². The number of ether oxygens (including phenoxy) is 1. The minimum atomic E-state index is -5.93. The first-order valence-corrected chi connectivity index (χ1v) is 11.7. The van der Waals surface area contributed by atoms with Gasteiger partial charge in [-0.3, -0.25) is 0 Å². The Morgan fingerprint density at radius 1 is 1.09 bits per heavy atom. The lowest BCUT2D eigenvalue weighted by Crippen LogP contribution is -2.54. The van der Waals surface area contributed by atoms with Gasteiger partial charge in [0.15, 0.2) is 0 Å². The third-order valence-corrected chi connectivity index (χ3v) is 8.31. The minimum absolute atomic E-state index is 0.151. The van der Waals surface area contributed by atoms with Crippen molar-refractivity contribution in [3.05, 3.63) is 51.5 Å². The topological polar surface area (TPSA) is 41.5 Å². The molecule has 2 aliphatic heterocycles. The Morgan fingerprint density at radius 3 is 2.30 bits per heavy atom. The Labute approximate surface area is 199 Å². The monoisotopic (exact) mass is 555 g/mol. The molecule has 180 valence electrons. The highest BCUT2D eigenvalue weighted by molar-refractivity contribution is 9.10. The molecule has 0 unspecified atom stereocenters. The Balaban J connectivity index is 1.86. The van der Waals surface area contributed by atoms with Crippen LogP contribution >= 0.6 is 27.7 Å². The van der Waals surface area contributed by atoms with Gasteiger partial charge in [-0.05, 0) is 40.8 Å². The molecule has 0 fully saturated rings. The van der Waals surface area contributed by atoms with Crippen molar-refractivity contribution in [1.29, 1.82) is 0 Å². The lowest BCUT2D eigenvalue weighted by Gasteiger charge is -2.49. The molecule has 0 spiro atoms. The van der Waals surface area contributed by atoms with E-state index in [2.05, 4.69) is 21.2 Å². The predicted molar refractivity (Wildman–Crippen MR) is 117 cm³/mol. The number of anilines is 1. The molecule has 0 aliphatic carbocycles. The van der Waals surface area contributed by atoms with Crippen LogP contribution in [-0.4, -0.2) is 30.3 Å². The number of hydrogen-bond donors (Lipinski definition) is 2. The van der Waals surface area contributed by atoms with Crippen LogP contribution in [0.5, 0.6) is 5.75 Å². The molecule has 2 aromatic rings. The number of thioether (sulfide) groups is 1. The van der Waals surface area contributed by atoms with Crippen LogP contribution in [0.2, 0.25) is 0 Å². The van der Waals surface area contributed by atoms with Gasteiger partial charge in [-0.25, -0.2) is 0 Å². The maximum absolute atomic E-state index is 13.4. The first-order valence-electron chi connectivity index (χ1n) is 9.90. The summed E-state index contributed by atoms with van der Waals surface area (Å²) in [7, 11) is 1.56. The van der Waals surface area contributed by atoms with Gasteiger partial charge >= 0.3 is 12.4 Å². The number of rotatable bonds is 2. The molecule has 2 atom stereocenters. The van der Waals surface area contributed by atoms with Crippen molar-refractivity contribution in [2.45, 2.75) is 48.2 Å². The molecule has 0 aromatic heterocycles. The van der Waals surface area contributed by atoms with E-state index in [1.165, 1.54) is 17.8 Å². The molecule has 3 nitrogen and oxygen atoms in total. The molecule has 2 aliphatic rings. The number of benzene rings is 2. The largest absolute Gasteiger partial charge is 0.496 e. The predicted octanol–water partition coefficient (Wildman–Crippen LogP) is 6.94. The van der Waals surface area contributed by atoms with Crippen molar-refractivity contribution in [3.8, 4) is 5.75 Å². The number of hydrogen-bond acceptors (Lipinski definition) is 4. The van der Waals surface area contributed by atoms with Crippen molar-refractivity contribution in [2.24, 2.45) is 5.92 Å². The zero-order valence-corrected chi connectivity index (χ0v) is 20.1. The zero-order chi connectivity index (χ0) is 24.6. The molecule has 2 N–H and O–H groups in total. The number of methoxy groups -OCH3 is 1. The Hall–Kier alpha value is -1.59. The van der Waals surface area contributed by atoms with E-state index >= 15 is 0 Å². The summed E-state index contributed by atoms with van der Waals surface area (Å²) in [5, 5.41) is 13.2. The van der Waals surface area contributed by atoms with Gasteiger partial charge in [-0.2, -0.15) is 26.3 Å². The fourth-order valence-corrected chi connectivity index (χ4v) is 6.75. The average molecular weight is 556 g/mol. The van der Waals surface area contributed by atoms with Gasteiger partial charge in [0.25, 0.3) is 5.60 Å². The van der Waals surface area contributed by atoms with E-state index in [1.54, 1.807) is 21.0 Å². The first-order chi connectivity index (χ1) is 15.1. The molecule has 0 radical (unpaired) electrons. The van der Waals surface area contributed by atoms with E-state index in [1.807, 2.05) is 12.1 Å². The number of fused-ring (bicyclic) bond motifs is 4. The van der Waals surface area contributed by atoms with Gasteiger partial charge in [-0.15, -0.1) is 11.8 Å². The van der Waals surface area contributed by atoms with Gasteiger partial charge < -0.3 is 15.2 Å². The van der Waals surface area contributed by atoms with E-state index in [4.69, 9.17) is 4.74 Å². The second-order valence-corrected chi connectivity index (χ2v) is 10.7. The lowest BCUT2D eigenvalue weighted by molar-refractivity contribution is -0.376. The summed E-state index contributed by atoms with van der Waals surface area (Å²) in [5.41, 5.74) is -5.35. The van der Waals surface area contributed by atoms with Crippen molar-refractivity contribution in [1.82, 2.24) is 0 Å². The summed E-state index contributed by atoms with van der Waals surface area (Å²) in [6.45, 7) is 3.60. The highest BCUT2D eigenvalue weighted by atomic mass is 79.9. The molecule has 0 saturated carbocycles. The van der Waals surface area contributed by atoms with E-state index in [0.717, 1.165) is 21.0 Å². The molecule has 11 heteroatoms. The van der Waals surface area contributed by atoms with Crippen LogP contribution in [0, 0.1) is 5.92 Å². The fraction of sp³-hybridized carbons (Fsp3) is 0.455. The first kappa shape index (κ1) is 24.5. The second-order valence-electron chi connectivity index (χ2n) is 8.75. The highest BCUT2D eigenvalue weighted by Crippen LogP contribution is 2.57. The number of halogens is 7. The molecule has 0 saturated heterocycles. The summed E-state index contributed by atoms with van der Waals surface area (Å²) < 4.78 is 87.0. The van der Waals surface area contributed by atoms with Crippen LogP contribution in [-0.2, 0) is 11.0 Å². The smallest absolute Gasteiger partial charge is 0.430 e. The van der Waals surface area contributed by atoms with Crippen LogP contribution in [0.25, 0.3) is 0 Å². The Morgan fingerprint density at radius 2 is 1.73 bits per heavy atom. The van der Waals surface area contributed by atoms with Crippen LogP contribution < -0.4 is 10.1 Å². The van der Waals surface area contributed by atoms with E-state index < -0.39 is 28.9 Å². The minimum Gasteiger partial charge on any atom is -0.496 e. The third kappa shape index (κ3) is 3.61. The summed E-state index contributed by atoms with van der Waals surface area (Å²) in [4.78, 5) is 0.939. The van der Waals surface area contributed by atoms with Crippen LogP contribution in [0.4, 0.5) is 32.0 Å². The number of aliphatic hydroxyl groups is 1. The molecule has 0 amide bonds. The second kappa shape index (κ2) is 7.71. The number of nitrogens with one attached hydrogen (secondary N) is 1. The molecule has 2 heterocycles. The number of alkyl halides is 6. The van der Waals surface area contributed by atoms with Crippen molar-refractivity contribution < 1.29 is 36.2 Å². The van der Waals surface area contributed by atoms with E-state index in [0.29, 0.717) is 28.8 Å². The maximum atomic E-state index is 13.4. The Bertz CT molecular complexity index is 1090. The standard InChI is InChI=1S/C22H20BrF6NO2S/c1-19(2)13-6-10(20(31,21(24,25)26)22(27,28)29)4-5-15(13)30-17-12-7-11(23)8-16(32-3)18(12)33-9-14(17)19/h4-8,14,17,30-31H,9H2,1-3H3/t14-,17-/m0/s1. The van der Waals surface area contributed by atoms with Crippen molar-refractivity contribution in [2.75, 3.05) is 18.2 Å². The van der Waals surface area contributed by atoms with E-state index in [9.17, 15) is 31.4 Å². The summed E-state index contributed by atoms with van der Waals surface area (Å²) in [5.74, 6) is 1.10. The van der Waals surface area contributed by atoms with Crippen molar-refractivity contribution >= 4 is 33.4 Å². The Kier molecular flexibility index (Phi) is 5.73. The SMILES string of the molecule is COc1cc(Br)cc2c1SC[C@H]1[C@H]2Nc2ccc(C(O)(C(F)(F)F)C(F)(F)F)cc2C1(C)C. The van der Waals surface area contributed by atoms with Gasteiger partial charge in [-0.1, -0.05) is 35.8 Å². The summed E-state index contributed by atoms with van der Waals surface area (Å²) in [6.07, 6.45) is -11.9. The zero-order valence-electron chi connectivity index (χ0n) is 17.7. The molecule has 33 heavy (non-hydrogen) atoms. The van der Waals surface area contributed by atoms with Crippen LogP contribution in [0.1, 0.15) is 36.6 Å². The van der Waals surface area contributed by atoms with Crippen LogP contribution in [0.3, 0.4) is 0 Å². The van der Waals surface area contributed by atoms with Crippen molar-refractivity contribution in [3.63, 3.8) is 0 Å². The molecule has 2 aromatic carbocycles. The van der Waals surface area contributed by atoms with Gasteiger partial charge in [0, 0.05) is 27.4 Å². The lowest BCUT2D eigenvalue weighted by atomic mass is 9.65. The maximum Gasteiger partial charge on any atom is 0.430 e. The fourth-order valence-electron chi connectivity index (χ4n) is 4.70. The van der Waals surface area contributed by atoms with Crippen LogP contribution in [0.15, 0.2) is 39.7 Å². The summed E-state index contributed by atoms with van der Waals surface area (Å²) in [6, 6.07) is 6.25. The average Bonchev–Trinajstić information content (AvgIpc) is 2.70. The van der Waals surface area contributed by atoms with Gasteiger partial charge in [0.1, 0.15) is 5.75 Å². The highest BCUT2D eigenvalue weighted by Gasteiger charge is 2.71. The quantitative estimate of drug-likeness (QED) is 0.394.